The SMILES string of the molecule is CC(=O)N1CCC2(CCCN2Cc2ccc(Cl)c(C)c2)CC1. The van der Waals surface area contributed by atoms with Gasteiger partial charge in [-0.2, -0.15) is 0 Å². The molecule has 22 heavy (non-hydrogen) atoms. The van der Waals surface area contributed by atoms with Gasteiger partial charge in [-0.25, -0.2) is 0 Å². The Bertz CT molecular complexity index is 564. The molecule has 0 saturated carbocycles. The topological polar surface area (TPSA) is 23.6 Å². The summed E-state index contributed by atoms with van der Waals surface area (Å²) in [6, 6.07) is 6.36. The number of halogens is 1. The molecule has 4 heteroatoms. The molecule has 0 unspecified atom stereocenters. The van der Waals surface area contributed by atoms with E-state index in [0.717, 1.165) is 43.1 Å². The second kappa shape index (κ2) is 6.21. The van der Waals surface area contributed by atoms with Crippen LogP contribution >= 0.6 is 11.6 Å². The first kappa shape index (κ1) is 15.8. The van der Waals surface area contributed by atoms with Crippen LogP contribution in [0.15, 0.2) is 18.2 Å². The summed E-state index contributed by atoms with van der Waals surface area (Å²) in [6.45, 7) is 7.73. The molecule has 2 aliphatic heterocycles. The van der Waals surface area contributed by atoms with Gasteiger partial charge < -0.3 is 4.90 Å². The summed E-state index contributed by atoms with van der Waals surface area (Å²) in [6.07, 6.45) is 4.76. The van der Waals surface area contributed by atoms with Crippen LogP contribution in [0.4, 0.5) is 0 Å². The van der Waals surface area contributed by atoms with Crippen molar-refractivity contribution in [3.8, 4) is 0 Å². The Morgan fingerprint density at radius 3 is 2.59 bits per heavy atom. The first-order valence-electron chi connectivity index (χ1n) is 8.26. The van der Waals surface area contributed by atoms with E-state index in [1.54, 1.807) is 6.92 Å². The minimum absolute atomic E-state index is 0.215. The normalized spacial score (nSPS) is 21.5. The van der Waals surface area contributed by atoms with E-state index in [-0.39, 0.29) is 5.91 Å². The highest BCUT2D eigenvalue weighted by Gasteiger charge is 2.43. The molecular weight excluding hydrogens is 296 g/mol. The van der Waals surface area contributed by atoms with Crippen molar-refractivity contribution >= 4 is 17.5 Å². The maximum absolute atomic E-state index is 11.5. The van der Waals surface area contributed by atoms with Crippen molar-refractivity contribution in [1.29, 1.82) is 0 Å². The van der Waals surface area contributed by atoms with Crippen LogP contribution in [0.1, 0.15) is 43.7 Å². The number of hydrogen-bond donors (Lipinski definition) is 0. The zero-order chi connectivity index (χ0) is 15.7. The van der Waals surface area contributed by atoms with Crippen molar-refractivity contribution in [2.24, 2.45) is 0 Å². The molecule has 120 valence electrons. The Labute approximate surface area is 138 Å². The maximum Gasteiger partial charge on any atom is 0.219 e. The zero-order valence-corrected chi connectivity index (χ0v) is 14.3. The number of carbonyl (C=O) groups excluding carboxylic acids is 1. The van der Waals surface area contributed by atoms with E-state index in [0.29, 0.717) is 5.54 Å². The second-order valence-electron chi connectivity index (χ2n) is 6.84. The van der Waals surface area contributed by atoms with Crippen LogP contribution in [-0.4, -0.2) is 40.9 Å². The molecule has 1 aromatic rings. The molecule has 1 spiro atoms. The molecule has 0 atom stereocenters. The van der Waals surface area contributed by atoms with Gasteiger partial charge in [0.1, 0.15) is 0 Å². The van der Waals surface area contributed by atoms with Gasteiger partial charge in [-0.15, -0.1) is 0 Å². The lowest BCUT2D eigenvalue weighted by Gasteiger charge is -2.45. The minimum Gasteiger partial charge on any atom is -0.343 e. The van der Waals surface area contributed by atoms with Gasteiger partial charge in [0.15, 0.2) is 0 Å². The average Bonchev–Trinajstić information content (AvgIpc) is 2.86. The Hall–Kier alpha value is -1.06. The van der Waals surface area contributed by atoms with E-state index in [9.17, 15) is 4.79 Å². The highest BCUT2D eigenvalue weighted by atomic mass is 35.5. The molecule has 3 rings (SSSR count). The zero-order valence-electron chi connectivity index (χ0n) is 13.6. The first-order valence-corrected chi connectivity index (χ1v) is 8.64. The number of hydrogen-bond acceptors (Lipinski definition) is 2. The van der Waals surface area contributed by atoms with E-state index in [4.69, 9.17) is 11.6 Å². The van der Waals surface area contributed by atoms with Gasteiger partial charge >= 0.3 is 0 Å². The number of rotatable bonds is 2. The average molecular weight is 321 g/mol. The van der Waals surface area contributed by atoms with Gasteiger partial charge in [0.25, 0.3) is 0 Å². The molecule has 2 fully saturated rings. The van der Waals surface area contributed by atoms with E-state index in [1.807, 2.05) is 11.0 Å². The third-order valence-corrected chi connectivity index (χ3v) is 5.90. The molecule has 2 aliphatic rings. The van der Waals surface area contributed by atoms with Gasteiger partial charge in [-0.3, -0.25) is 9.69 Å². The molecular formula is C18H25ClN2O. The molecule has 3 nitrogen and oxygen atoms in total. The third kappa shape index (κ3) is 3.02. The predicted molar refractivity (Wildman–Crippen MR) is 90.1 cm³/mol. The van der Waals surface area contributed by atoms with Crippen molar-refractivity contribution in [3.63, 3.8) is 0 Å². The summed E-state index contributed by atoms with van der Waals surface area (Å²) in [5.74, 6) is 0.215. The second-order valence-corrected chi connectivity index (χ2v) is 7.25. The number of carbonyl (C=O) groups is 1. The Balaban J connectivity index is 1.71. The molecule has 0 aromatic heterocycles. The van der Waals surface area contributed by atoms with Gasteiger partial charge in [0.2, 0.25) is 5.91 Å². The van der Waals surface area contributed by atoms with E-state index >= 15 is 0 Å². The summed E-state index contributed by atoms with van der Waals surface area (Å²) >= 11 is 6.13. The minimum atomic E-state index is 0.215. The quantitative estimate of drug-likeness (QED) is 0.831. The van der Waals surface area contributed by atoms with Crippen molar-refractivity contribution in [1.82, 2.24) is 9.80 Å². The van der Waals surface area contributed by atoms with Crippen LogP contribution in [0.2, 0.25) is 5.02 Å². The summed E-state index contributed by atoms with van der Waals surface area (Å²) in [4.78, 5) is 16.2. The lowest BCUT2D eigenvalue weighted by molar-refractivity contribution is -0.131. The van der Waals surface area contributed by atoms with Crippen molar-refractivity contribution in [2.45, 2.75) is 51.6 Å². The first-order chi connectivity index (χ1) is 10.5. The number of benzene rings is 1. The standard InChI is InChI=1S/C18H25ClN2O/c1-14-12-16(4-5-17(14)19)13-21-9-3-6-18(21)7-10-20(11-8-18)15(2)22/h4-5,12H,3,6-11,13H2,1-2H3. The smallest absolute Gasteiger partial charge is 0.219 e. The molecule has 0 N–H and O–H groups in total. The number of likely N-dealkylation sites (tertiary alicyclic amines) is 2. The predicted octanol–water partition coefficient (Wildman–Crippen LogP) is 3.63. The Kier molecular flexibility index (Phi) is 4.47. The highest BCUT2D eigenvalue weighted by Crippen LogP contribution is 2.39. The molecule has 0 bridgehead atoms. The molecule has 2 heterocycles. The summed E-state index contributed by atoms with van der Waals surface area (Å²) in [7, 11) is 0. The van der Waals surface area contributed by atoms with Crippen molar-refractivity contribution < 1.29 is 4.79 Å². The molecule has 0 radical (unpaired) electrons. The van der Waals surface area contributed by atoms with Crippen molar-refractivity contribution in [3.05, 3.63) is 34.3 Å². The lowest BCUT2D eigenvalue weighted by atomic mass is 9.84. The monoisotopic (exact) mass is 320 g/mol. The van der Waals surface area contributed by atoms with Crippen LogP contribution in [0.5, 0.6) is 0 Å². The Morgan fingerprint density at radius 2 is 1.95 bits per heavy atom. The van der Waals surface area contributed by atoms with Crippen molar-refractivity contribution in [2.75, 3.05) is 19.6 Å². The number of nitrogens with zero attached hydrogens (tertiary/aromatic N) is 2. The molecule has 0 aliphatic carbocycles. The molecule has 1 aromatic carbocycles. The summed E-state index contributed by atoms with van der Waals surface area (Å²) in [5, 5.41) is 0.842. The van der Waals surface area contributed by atoms with Gasteiger partial charge in [0, 0.05) is 37.1 Å². The van der Waals surface area contributed by atoms with Gasteiger partial charge in [-0.1, -0.05) is 23.7 Å². The van der Waals surface area contributed by atoms with Crippen LogP contribution in [-0.2, 0) is 11.3 Å². The van der Waals surface area contributed by atoms with Crippen LogP contribution < -0.4 is 0 Å². The highest BCUT2D eigenvalue weighted by molar-refractivity contribution is 6.31. The fourth-order valence-corrected chi connectivity index (χ4v) is 4.19. The van der Waals surface area contributed by atoms with E-state index in [1.165, 1.54) is 24.9 Å². The van der Waals surface area contributed by atoms with Crippen LogP contribution in [0, 0.1) is 6.92 Å². The molecule has 1 amide bonds. The van der Waals surface area contributed by atoms with E-state index in [2.05, 4.69) is 24.0 Å². The fraction of sp³-hybridized carbons (Fsp3) is 0.611. The summed E-state index contributed by atoms with van der Waals surface area (Å²) < 4.78 is 0. The maximum atomic E-state index is 11.5. The number of aryl methyl sites for hydroxylation is 1. The largest absolute Gasteiger partial charge is 0.343 e. The third-order valence-electron chi connectivity index (χ3n) is 5.48. The Morgan fingerprint density at radius 1 is 1.23 bits per heavy atom. The van der Waals surface area contributed by atoms with Crippen LogP contribution in [0.3, 0.4) is 0 Å². The number of piperidine rings is 1. The van der Waals surface area contributed by atoms with Crippen LogP contribution in [0.25, 0.3) is 0 Å². The summed E-state index contributed by atoms with van der Waals surface area (Å²) in [5.41, 5.74) is 2.80. The van der Waals surface area contributed by atoms with Gasteiger partial charge in [0.05, 0.1) is 0 Å². The lowest BCUT2D eigenvalue weighted by Crippen LogP contribution is -2.52. The van der Waals surface area contributed by atoms with E-state index < -0.39 is 0 Å². The fourth-order valence-electron chi connectivity index (χ4n) is 4.07. The number of amides is 1. The van der Waals surface area contributed by atoms with Gasteiger partial charge in [-0.05, 0) is 56.3 Å². The molecule has 2 saturated heterocycles.